The molecule has 1 saturated carbocycles. The molecule has 1 fully saturated rings. The second kappa shape index (κ2) is 8.03. The first-order valence-electron chi connectivity index (χ1n) is 8.52. The van der Waals surface area contributed by atoms with Gasteiger partial charge < -0.3 is 19.7 Å². The molecule has 0 atom stereocenters. The number of aliphatic hydroxyl groups is 1. The zero-order chi connectivity index (χ0) is 17.6. The molecular weight excluding hydrogens is 320 g/mol. The van der Waals surface area contributed by atoms with Crippen molar-refractivity contribution < 1.29 is 24.5 Å². The van der Waals surface area contributed by atoms with E-state index in [1.54, 1.807) is 24.3 Å². The average molecular weight is 342 g/mol. The maximum absolute atomic E-state index is 12.1. The molecule has 0 unspecified atom stereocenters. The van der Waals surface area contributed by atoms with Gasteiger partial charge in [-0.25, -0.2) is 4.79 Å². The monoisotopic (exact) mass is 342 g/mol. The molecule has 3 rings (SSSR count). The van der Waals surface area contributed by atoms with Crippen LogP contribution in [-0.2, 0) is 0 Å². The third-order valence-corrected chi connectivity index (χ3v) is 4.44. The molecule has 0 heterocycles. The highest BCUT2D eigenvalue weighted by Gasteiger charge is 2.19. The molecular formula is C20H22O5. The number of benzene rings is 2. The third kappa shape index (κ3) is 4.97. The summed E-state index contributed by atoms with van der Waals surface area (Å²) in [5, 5.41) is 18.7. The van der Waals surface area contributed by atoms with Crippen molar-refractivity contribution in [3.63, 3.8) is 0 Å². The van der Waals surface area contributed by atoms with Crippen LogP contribution in [-0.4, -0.2) is 28.9 Å². The molecule has 0 bridgehead atoms. The van der Waals surface area contributed by atoms with Gasteiger partial charge in [-0.05, 0) is 80.1 Å². The summed E-state index contributed by atoms with van der Waals surface area (Å²) in [6.45, 7) is 0.629. The van der Waals surface area contributed by atoms with Crippen LogP contribution >= 0.6 is 0 Å². The minimum absolute atomic E-state index is 0.119. The molecule has 0 aromatic heterocycles. The van der Waals surface area contributed by atoms with Gasteiger partial charge in [0.15, 0.2) is 0 Å². The van der Waals surface area contributed by atoms with E-state index >= 15 is 0 Å². The molecule has 2 aromatic carbocycles. The summed E-state index contributed by atoms with van der Waals surface area (Å²) in [5.41, 5.74) is 0.432. The fourth-order valence-electron chi connectivity index (χ4n) is 2.89. The van der Waals surface area contributed by atoms with E-state index in [1.807, 2.05) is 0 Å². The van der Waals surface area contributed by atoms with E-state index in [2.05, 4.69) is 0 Å². The smallest absolute Gasteiger partial charge is 0.343 e. The van der Waals surface area contributed by atoms with Gasteiger partial charge in [0.2, 0.25) is 0 Å². The van der Waals surface area contributed by atoms with Gasteiger partial charge in [0.25, 0.3) is 0 Å². The van der Waals surface area contributed by atoms with Crippen LogP contribution in [0.2, 0.25) is 0 Å². The number of ether oxygens (including phenoxy) is 2. The molecule has 0 aliphatic heterocycles. The van der Waals surface area contributed by atoms with E-state index in [1.165, 1.54) is 24.3 Å². The van der Waals surface area contributed by atoms with Crippen LogP contribution in [0.25, 0.3) is 0 Å². The maximum atomic E-state index is 12.1. The van der Waals surface area contributed by atoms with Crippen LogP contribution in [0.3, 0.4) is 0 Å². The van der Waals surface area contributed by atoms with Gasteiger partial charge in [-0.1, -0.05) is 0 Å². The maximum Gasteiger partial charge on any atom is 0.343 e. The Bertz CT molecular complexity index is 685. The number of esters is 1. The van der Waals surface area contributed by atoms with Gasteiger partial charge in [0.1, 0.15) is 17.2 Å². The standard InChI is InChI=1S/C20H22O5/c21-16-5-1-14(2-6-16)13-24-18-9-3-15(4-10-18)20(23)25-19-11-7-17(22)8-12-19/h3-4,7-12,14,16,21-22H,1-2,5-6,13H2. The largest absolute Gasteiger partial charge is 0.508 e. The number of hydrogen-bond acceptors (Lipinski definition) is 5. The molecule has 5 nitrogen and oxygen atoms in total. The van der Waals surface area contributed by atoms with Crippen LogP contribution in [0.1, 0.15) is 36.0 Å². The molecule has 1 aliphatic rings. The Labute approximate surface area is 146 Å². The first kappa shape index (κ1) is 17.3. The normalized spacial score (nSPS) is 20.0. The van der Waals surface area contributed by atoms with Crippen LogP contribution in [0.5, 0.6) is 17.2 Å². The van der Waals surface area contributed by atoms with E-state index in [4.69, 9.17) is 9.47 Å². The number of phenols is 1. The molecule has 5 heteroatoms. The zero-order valence-corrected chi connectivity index (χ0v) is 13.9. The lowest BCUT2D eigenvalue weighted by Crippen LogP contribution is -2.22. The number of aliphatic hydroxyl groups excluding tert-OH is 1. The summed E-state index contributed by atoms with van der Waals surface area (Å²) in [5.74, 6) is 1.23. The van der Waals surface area contributed by atoms with Gasteiger partial charge in [0.05, 0.1) is 18.3 Å². The van der Waals surface area contributed by atoms with Crippen molar-refractivity contribution in [3.05, 3.63) is 54.1 Å². The van der Waals surface area contributed by atoms with E-state index in [0.29, 0.717) is 29.6 Å². The highest BCUT2D eigenvalue weighted by Crippen LogP contribution is 2.25. The molecule has 2 N–H and O–H groups in total. The summed E-state index contributed by atoms with van der Waals surface area (Å²) < 4.78 is 11.0. The van der Waals surface area contributed by atoms with Gasteiger partial charge in [-0.2, -0.15) is 0 Å². The van der Waals surface area contributed by atoms with Crippen molar-refractivity contribution in [1.82, 2.24) is 0 Å². The first-order chi connectivity index (χ1) is 12.1. The highest BCUT2D eigenvalue weighted by molar-refractivity contribution is 5.91. The molecule has 132 valence electrons. The van der Waals surface area contributed by atoms with Crippen molar-refractivity contribution in [1.29, 1.82) is 0 Å². The van der Waals surface area contributed by atoms with Crippen molar-refractivity contribution in [2.75, 3.05) is 6.61 Å². The molecule has 0 saturated heterocycles. The van der Waals surface area contributed by atoms with Crippen LogP contribution in [0.4, 0.5) is 0 Å². The average Bonchev–Trinajstić information content (AvgIpc) is 2.63. The summed E-state index contributed by atoms with van der Waals surface area (Å²) in [4.78, 5) is 12.1. The third-order valence-electron chi connectivity index (χ3n) is 4.44. The first-order valence-corrected chi connectivity index (χ1v) is 8.52. The quantitative estimate of drug-likeness (QED) is 0.642. The molecule has 0 radical (unpaired) electrons. The Balaban J connectivity index is 1.51. The molecule has 1 aliphatic carbocycles. The van der Waals surface area contributed by atoms with E-state index < -0.39 is 5.97 Å². The topological polar surface area (TPSA) is 76.0 Å². The lowest BCUT2D eigenvalue weighted by molar-refractivity contribution is 0.0734. The summed E-state index contributed by atoms with van der Waals surface area (Å²) in [6, 6.07) is 12.8. The molecule has 0 amide bonds. The number of hydrogen-bond donors (Lipinski definition) is 2. The lowest BCUT2D eigenvalue weighted by atomic mass is 9.88. The highest BCUT2D eigenvalue weighted by atomic mass is 16.5. The van der Waals surface area contributed by atoms with Gasteiger partial charge in [-0.15, -0.1) is 0 Å². The summed E-state index contributed by atoms with van der Waals surface area (Å²) in [6.07, 6.45) is 3.50. The van der Waals surface area contributed by atoms with Crippen molar-refractivity contribution in [3.8, 4) is 17.2 Å². The van der Waals surface area contributed by atoms with Gasteiger partial charge in [-0.3, -0.25) is 0 Å². The number of aromatic hydroxyl groups is 1. The van der Waals surface area contributed by atoms with E-state index in [9.17, 15) is 15.0 Å². The van der Waals surface area contributed by atoms with Crippen molar-refractivity contribution in [2.24, 2.45) is 5.92 Å². The van der Waals surface area contributed by atoms with E-state index in [0.717, 1.165) is 25.7 Å². The number of carbonyl (C=O) groups excluding carboxylic acids is 1. The molecule has 2 aromatic rings. The predicted octanol–water partition coefficient (Wildman–Crippen LogP) is 3.54. The second-order valence-electron chi connectivity index (χ2n) is 6.39. The second-order valence-corrected chi connectivity index (χ2v) is 6.39. The lowest BCUT2D eigenvalue weighted by Gasteiger charge is -2.25. The Hall–Kier alpha value is -2.53. The zero-order valence-electron chi connectivity index (χ0n) is 13.9. The summed E-state index contributed by atoms with van der Waals surface area (Å²) in [7, 11) is 0. The van der Waals surface area contributed by atoms with Crippen molar-refractivity contribution >= 4 is 5.97 Å². The van der Waals surface area contributed by atoms with Gasteiger partial charge >= 0.3 is 5.97 Å². The Morgan fingerprint density at radius 3 is 2.16 bits per heavy atom. The van der Waals surface area contributed by atoms with Crippen LogP contribution in [0.15, 0.2) is 48.5 Å². The Kier molecular flexibility index (Phi) is 5.56. The predicted molar refractivity (Wildman–Crippen MR) is 93.0 cm³/mol. The van der Waals surface area contributed by atoms with Crippen molar-refractivity contribution in [2.45, 2.75) is 31.8 Å². The fourth-order valence-corrected chi connectivity index (χ4v) is 2.89. The van der Waals surface area contributed by atoms with E-state index in [-0.39, 0.29) is 11.9 Å². The number of phenolic OH excluding ortho intramolecular Hbond substituents is 1. The van der Waals surface area contributed by atoms with Crippen LogP contribution < -0.4 is 9.47 Å². The fraction of sp³-hybridized carbons (Fsp3) is 0.350. The minimum atomic E-state index is -0.460. The SMILES string of the molecule is O=C(Oc1ccc(O)cc1)c1ccc(OCC2CCC(O)CC2)cc1. The Morgan fingerprint density at radius 2 is 1.52 bits per heavy atom. The van der Waals surface area contributed by atoms with Gasteiger partial charge in [0, 0.05) is 0 Å². The number of carbonyl (C=O) groups is 1. The Morgan fingerprint density at radius 1 is 0.920 bits per heavy atom. The number of rotatable bonds is 5. The minimum Gasteiger partial charge on any atom is -0.508 e. The molecule has 0 spiro atoms. The summed E-state index contributed by atoms with van der Waals surface area (Å²) >= 11 is 0. The van der Waals surface area contributed by atoms with Crippen LogP contribution in [0, 0.1) is 5.92 Å². The molecule has 25 heavy (non-hydrogen) atoms.